The molecule has 0 aliphatic carbocycles. The molecule has 2 rings (SSSR count). The van der Waals surface area contributed by atoms with Crippen LogP contribution >= 0.6 is 11.8 Å². The van der Waals surface area contributed by atoms with Crippen LogP contribution in [0.25, 0.3) is 0 Å². The summed E-state index contributed by atoms with van der Waals surface area (Å²) >= 11 is 1.76. The smallest absolute Gasteiger partial charge is 0.127 e. The van der Waals surface area contributed by atoms with Crippen molar-refractivity contribution in [2.45, 2.75) is 24.4 Å². The molecular weight excluding hydrogens is 171 g/mol. The van der Waals surface area contributed by atoms with Gasteiger partial charge in [-0.25, -0.2) is 4.39 Å². The highest BCUT2D eigenvalue weighted by Gasteiger charge is 2.19. The average Bonchev–Trinajstić information content (AvgIpc) is 2.07. The average molecular weight is 182 g/mol. The SMILES string of the molecule is Cc1ccc2c(c1)C(F)CCS2. The molecule has 1 aliphatic rings. The molecule has 1 heterocycles. The molecule has 0 radical (unpaired) electrons. The third kappa shape index (κ3) is 1.36. The molecule has 0 amide bonds. The molecule has 0 N–H and O–H groups in total. The first-order valence-electron chi connectivity index (χ1n) is 4.15. The minimum absolute atomic E-state index is 0.668. The summed E-state index contributed by atoms with van der Waals surface area (Å²) in [6.07, 6.45) is -0.0673. The molecule has 0 saturated heterocycles. The van der Waals surface area contributed by atoms with Crippen LogP contribution in [0.3, 0.4) is 0 Å². The number of aryl methyl sites for hydroxylation is 1. The molecule has 12 heavy (non-hydrogen) atoms. The molecular formula is C10H11FS. The number of alkyl halides is 1. The largest absolute Gasteiger partial charge is 0.242 e. The minimum atomic E-state index is -0.735. The molecule has 64 valence electrons. The van der Waals surface area contributed by atoms with Gasteiger partial charge in [0.2, 0.25) is 0 Å². The first-order chi connectivity index (χ1) is 5.77. The molecule has 1 aromatic carbocycles. The van der Waals surface area contributed by atoms with E-state index in [1.807, 2.05) is 25.1 Å². The Labute approximate surface area is 76.2 Å². The van der Waals surface area contributed by atoms with Gasteiger partial charge in [-0.05, 0) is 25.0 Å². The molecule has 2 heteroatoms. The van der Waals surface area contributed by atoms with Gasteiger partial charge in [0.25, 0.3) is 0 Å². The van der Waals surface area contributed by atoms with E-state index < -0.39 is 6.17 Å². The number of thioether (sulfide) groups is 1. The van der Waals surface area contributed by atoms with Gasteiger partial charge in [-0.1, -0.05) is 17.7 Å². The predicted molar refractivity (Wildman–Crippen MR) is 50.4 cm³/mol. The number of hydrogen-bond acceptors (Lipinski definition) is 1. The summed E-state index contributed by atoms with van der Waals surface area (Å²) in [5, 5.41) is 0. The molecule has 0 aromatic heterocycles. The van der Waals surface area contributed by atoms with Gasteiger partial charge in [-0.3, -0.25) is 0 Å². The van der Waals surface area contributed by atoms with Crippen LogP contribution in [0.4, 0.5) is 4.39 Å². The molecule has 0 nitrogen and oxygen atoms in total. The molecule has 1 unspecified atom stereocenters. The summed E-state index contributed by atoms with van der Waals surface area (Å²) in [7, 11) is 0. The summed E-state index contributed by atoms with van der Waals surface area (Å²) < 4.78 is 13.3. The first kappa shape index (κ1) is 8.11. The lowest BCUT2D eigenvalue weighted by atomic mass is 10.1. The topological polar surface area (TPSA) is 0 Å². The quantitative estimate of drug-likeness (QED) is 0.591. The van der Waals surface area contributed by atoms with Crippen molar-refractivity contribution in [1.29, 1.82) is 0 Å². The summed E-state index contributed by atoms with van der Waals surface area (Å²) in [5.41, 5.74) is 2.05. The van der Waals surface area contributed by atoms with Crippen LogP contribution in [0.2, 0.25) is 0 Å². The van der Waals surface area contributed by atoms with Crippen molar-refractivity contribution in [2.24, 2.45) is 0 Å². The van der Waals surface area contributed by atoms with Crippen LogP contribution in [0, 0.1) is 6.92 Å². The van der Waals surface area contributed by atoms with E-state index in [1.165, 1.54) is 0 Å². The van der Waals surface area contributed by atoms with E-state index in [9.17, 15) is 4.39 Å². The molecule has 1 aliphatic heterocycles. The maximum absolute atomic E-state index is 13.3. The molecule has 1 atom stereocenters. The minimum Gasteiger partial charge on any atom is -0.242 e. The van der Waals surface area contributed by atoms with Gasteiger partial charge >= 0.3 is 0 Å². The lowest BCUT2D eigenvalue weighted by Gasteiger charge is -2.19. The molecule has 0 bridgehead atoms. The van der Waals surface area contributed by atoms with Crippen LogP contribution in [0.5, 0.6) is 0 Å². The van der Waals surface area contributed by atoms with E-state index in [0.29, 0.717) is 6.42 Å². The Morgan fingerprint density at radius 1 is 1.50 bits per heavy atom. The fourth-order valence-corrected chi connectivity index (χ4v) is 2.53. The Kier molecular flexibility index (Phi) is 2.09. The van der Waals surface area contributed by atoms with Crippen LogP contribution in [-0.4, -0.2) is 5.75 Å². The maximum atomic E-state index is 13.3. The standard InChI is InChI=1S/C10H11FS/c1-7-2-3-10-8(6-7)9(11)4-5-12-10/h2-3,6,9H,4-5H2,1H3. The zero-order valence-corrected chi connectivity index (χ0v) is 7.83. The fourth-order valence-electron chi connectivity index (χ4n) is 1.47. The van der Waals surface area contributed by atoms with Crippen molar-refractivity contribution in [3.8, 4) is 0 Å². The summed E-state index contributed by atoms with van der Waals surface area (Å²) in [4.78, 5) is 1.12. The Bertz CT molecular complexity index is 296. The summed E-state index contributed by atoms with van der Waals surface area (Å²) in [6.45, 7) is 2.01. The van der Waals surface area contributed by atoms with Gasteiger partial charge in [0.1, 0.15) is 6.17 Å². The van der Waals surface area contributed by atoms with Gasteiger partial charge < -0.3 is 0 Å². The molecule has 1 aromatic rings. The highest BCUT2D eigenvalue weighted by atomic mass is 32.2. The Morgan fingerprint density at radius 3 is 3.17 bits per heavy atom. The second-order valence-electron chi connectivity index (χ2n) is 3.15. The number of hydrogen-bond donors (Lipinski definition) is 0. The second-order valence-corrected chi connectivity index (χ2v) is 4.28. The van der Waals surface area contributed by atoms with Gasteiger partial charge in [0.05, 0.1) is 0 Å². The lowest BCUT2D eigenvalue weighted by Crippen LogP contribution is -2.02. The van der Waals surface area contributed by atoms with Crippen molar-refractivity contribution >= 4 is 11.8 Å². The van der Waals surface area contributed by atoms with Crippen molar-refractivity contribution in [3.63, 3.8) is 0 Å². The van der Waals surface area contributed by atoms with Gasteiger partial charge in [-0.15, -0.1) is 11.8 Å². The highest BCUT2D eigenvalue weighted by Crippen LogP contribution is 2.38. The molecule has 0 fully saturated rings. The number of fused-ring (bicyclic) bond motifs is 1. The number of benzene rings is 1. The van der Waals surface area contributed by atoms with E-state index in [4.69, 9.17) is 0 Å². The van der Waals surface area contributed by atoms with E-state index >= 15 is 0 Å². The zero-order valence-electron chi connectivity index (χ0n) is 7.01. The van der Waals surface area contributed by atoms with Gasteiger partial charge in [0, 0.05) is 10.6 Å². The van der Waals surface area contributed by atoms with Crippen LogP contribution in [0.1, 0.15) is 23.7 Å². The van der Waals surface area contributed by atoms with E-state index in [0.717, 1.165) is 21.8 Å². The molecule has 0 saturated carbocycles. The highest BCUT2D eigenvalue weighted by molar-refractivity contribution is 7.99. The number of rotatable bonds is 0. The van der Waals surface area contributed by atoms with E-state index in [-0.39, 0.29) is 0 Å². The van der Waals surface area contributed by atoms with Gasteiger partial charge in [-0.2, -0.15) is 0 Å². The first-order valence-corrected chi connectivity index (χ1v) is 5.13. The third-order valence-corrected chi connectivity index (χ3v) is 3.25. The third-order valence-electron chi connectivity index (χ3n) is 2.13. The number of halogens is 1. The summed E-state index contributed by atoms with van der Waals surface area (Å²) in [5.74, 6) is 0.914. The Morgan fingerprint density at radius 2 is 2.33 bits per heavy atom. The van der Waals surface area contributed by atoms with Crippen molar-refractivity contribution in [2.75, 3.05) is 5.75 Å². The maximum Gasteiger partial charge on any atom is 0.127 e. The van der Waals surface area contributed by atoms with Crippen molar-refractivity contribution in [3.05, 3.63) is 29.3 Å². The van der Waals surface area contributed by atoms with Crippen LogP contribution in [0.15, 0.2) is 23.1 Å². The van der Waals surface area contributed by atoms with Gasteiger partial charge in [0.15, 0.2) is 0 Å². The Balaban J connectivity index is 2.47. The summed E-state index contributed by atoms with van der Waals surface area (Å²) in [6, 6.07) is 6.04. The Hall–Kier alpha value is -0.500. The normalized spacial score (nSPS) is 22.0. The van der Waals surface area contributed by atoms with E-state index in [2.05, 4.69) is 0 Å². The van der Waals surface area contributed by atoms with Crippen LogP contribution < -0.4 is 0 Å². The zero-order chi connectivity index (χ0) is 8.55. The monoisotopic (exact) mass is 182 g/mol. The predicted octanol–water partition coefficient (Wildman–Crippen LogP) is 3.50. The lowest BCUT2D eigenvalue weighted by molar-refractivity contribution is 0.328. The van der Waals surface area contributed by atoms with Crippen molar-refractivity contribution in [1.82, 2.24) is 0 Å². The second kappa shape index (κ2) is 3.09. The van der Waals surface area contributed by atoms with E-state index in [1.54, 1.807) is 11.8 Å². The van der Waals surface area contributed by atoms with Crippen molar-refractivity contribution < 1.29 is 4.39 Å². The van der Waals surface area contributed by atoms with Crippen LogP contribution in [-0.2, 0) is 0 Å². The fraction of sp³-hybridized carbons (Fsp3) is 0.400. The molecule has 0 spiro atoms.